The lowest BCUT2D eigenvalue weighted by Crippen LogP contribution is -2.51. The van der Waals surface area contributed by atoms with Gasteiger partial charge in [-0.15, -0.1) is 0 Å². The summed E-state index contributed by atoms with van der Waals surface area (Å²) >= 11 is 0. The standard InChI is InChI=1S/C32H57N3O2/c1-29(2)19-25(31(5,6)34-29)27(36)18-21-10-12-22(13-11-21)23-14-16-24(17-15-23)33-28(37)26-20-30(3,4)35(9)32(26,7)8/h21-26,34H,10-20H2,1-9H3,(H,33,37). The van der Waals surface area contributed by atoms with Crippen LogP contribution in [0.5, 0.6) is 0 Å². The van der Waals surface area contributed by atoms with Crippen LogP contribution in [-0.2, 0) is 9.59 Å². The Morgan fingerprint density at radius 1 is 0.784 bits per heavy atom. The minimum atomic E-state index is -0.106. The molecule has 212 valence electrons. The second-order valence-corrected chi connectivity index (χ2v) is 15.8. The van der Waals surface area contributed by atoms with E-state index in [0.29, 0.717) is 17.7 Å². The van der Waals surface area contributed by atoms with Crippen LogP contribution in [0.4, 0.5) is 0 Å². The molecule has 0 aromatic carbocycles. The second kappa shape index (κ2) is 10.2. The van der Waals surface area contributed by atoms with Crippen molar-refractivity contribution >= 4 is 11.7 Å². The van der Waals surface area contributed by atoms with Gasteiger partial charge in [-0.2, -0.15) is 0 Å². The van der Waals surface area contributed by atoms with Crippen molar-refractivity contribution in [3.05, 3.63) is 0 Å². The Morgan fingerprint density at radius 3 is 1.78 bits per heavy atom. The number of nitrogens with zero attached hydrogens (tertiary/aromatic N) is 1. The summed E-state index contributed by atoms with van der Waals surface area (Å²) in [6.07, 6.45) is 12.4. The fraction of sp³-hybridized carbons (Fsp3) is 0.938. The third kappa shape index (κ3) is 6.13. The molecule has 5 heteroatoms. The number of rotatable bonds is 6. The molecule has 4 rings (SSSR count). The van der Waals surface area contributed by atoms with Crippen molar-refractivity contribution in [2.45, 2.75) is 154 Å². The van der Waals surface area contributed by atoms with Gasteiger partial charge >= 0.3 is 0 Å². The molecule has 2 saturated carbocycles. The quantitative estimate of drug-likeness (QED) is 0.448. The maximum absolute atomic E-state index is 13.3. The average Bonchev–Trinajstić information content (AvgIpc) is 3.13. The number of Topliss-reactive ketones (excluding diaryl/α,β-unsaturated/α-hetero) is 1. The van der Waals surface area contributed by atoms with Crippen LogP contribution in [0.25, 0.3) is 0 Å². The van der Waals surface area contributed by atoms with E-state index in [4.69, 9.17) is 0 Å². The zero-order valence-electron chi connectivity index (χ0n) is 25.5. The predicted octanol–water partition coefficient (Wildman–Crippen LogP) is 6.10. The van der Waals surface area contributed by atoms with E-state index in [1.54, 1.807) is 0 Å². The third-order valence-corrected chi connectivity index (χ3v) is 11.4. The molecule has 0 aromatic heterocycles. The minimum Gasteiger partial charge on any atom is -0.353 e. The molecule has 4 fully saturated rings. The molecule has 37 heavy (non-hydrogen) atoms. The van der Waals surface area contributed by atoms with Crippen LogP contribution < -0.4 is 10.6 Å². The number of hydrogen-bond acceptors (Lipinski definition) is 4. The Balaban J connectivity index is 1.20. The lowest BCUT2D eigenvalue weighted by Gasteiger charge is -2.39. The van der Waals surface area contributed by atoms with Gasteiger partial charge in [0.2, 0.25) is 5.91 Å². The lowest BCUT2D eigenvalue weighted by molar-refractivity contribution is -0.128. The third-order valence-electron chi connectivity index (χ3n) is 11.4. The summed E-state index contributed by atoms with van der Waals surface area (Å²) < 4.78 is 0. The van der Waals surface area contributed by atoms with Gasteiger partial charge in [0.15, 0.2) is 0 Å². The molecule has 0 aromatic rings. The molecule has 2 aliphatic heterocycles. The Hall–Kier alpha value is -0.940. The van der Waals surface area contributed by atoms with E-state index >= 15 is 0 Å². The van der Waals surface area contributed by atoms with Gasteiger partial charge in [0, 0.05) is 40.5 Å². The number of carbonyl (C=O) groups is 2. The van der Waals surface area contributed by atoms with Crippen LogP contribution in [0.2, 0.25) is 0 Å². The zero-order valence-corrected chi connectivity index (χ0v) is 25.5. The molecular weight excluding hydrogens is 458 g/mol. The summed E-state index contributed by atoms with van der Waals surface area (Å²) in [6.45, 7) is 17.8. The molecule has 0 radical (unpaired) electrons. The van der Waals surface area contributed by atoms with Crippen molar-refractivity contribution in [2.75, 3.05) is 7.05 Å². The van der Waals surface area contributed by atoms with Crippen molar-refractivity contribution < 1.29 is 9.59 Å². The van der Waals surface area contributed by atoms with E-state index in [-0.39, 0.29) is 39.9 Å². The van der Waals surface area contributed by atoms with Crippen LogP contribution in [0.1, 0.15) is 126 Å². The van der Waals surface area contributed by atoms with E-state index in [2.05, 4.69) is 78.0 Å². The summed E-state index contributed by atoms with van der Waals surface area (Å²) in [5, 5.41) is 7.14. The maximum atomic E-state index is 13.3. The number of likely N-dealkylation sites (tertiary alicyclic amines) is 1. The smallest absolute Gasteiger partial charge is 0.225 e. The maximum Gasteiger partial charge on any atom is 0.225 e. The molecule has 2 saturated heterocycles. The van der Waals surface area contributed by atoms with Crippen LogP contribution >= 0.6 is 0 Å². The first-order chi connectivity index (χ1) is 17.0. The fourth-order valence-corrected chi connectivity index (χ4v) is 8.93. The van der Waals surface area contributed by atoms with Crippen LogP contribution in [-0.4, -0.2) is 51.8 Å². The Labute approximate surface area is 227 Å². The molecule has 2 aliphatic carbocycles. The van der Waals surface area contributed by atoms with E-state index in [1.807, 2.05) is 0 Å². The highest BCUT2D eigenvalue weighted by Gasteiger charge is 2.52. The SMILES string of the molecule is CN1C(C)(C)CC(C(=O)NC2CCC(C3CCC(CC(=O)C4CC(C)(C)NC4(C)C)CC3)CC2)C1(C)C. The van der Waals surface area contributed by atoms with Gasteiger partial charge in [-0.1, -0.05) is 0 Å². The van der Waals surface area contributed by atoms with E-state index in [0.717, 1.165) is 43.9 Å². The first-order valence-corrected chi connectivity index (χ1v) is 15.4. The first kappa shape index (κ1) is 29.1. The highest BCUT2D eigenvalue weighted by atomic mass is 16.2. The number of ketones is 1. The fourth-order valence-electron chi connectivity index (χ4n) is 8.93. The number of amides is 1. The average molecular weight is 516 g/mol. The molecular formula is C32H57N3O2. The molecule has 2 heterocycles. The van der Waals surface area contributed by atoms with E-state index in [9.17, 15) is 9.59 Å². The van der Waals surface area contributed by atoms with Gasteiger partial charge in [0.05, 0.1) is 5.92 Å². The summed E-state index contributed by atoms with van der Waals surface area (Å²) in [6, 6.07) is 0.343. The van der Waals surface area contributed by atoms with Crippen molar-refractivity contribution in [1.82, 2.24) is 15.5 Å². The highest BCUT2D eigenvalue weighted by molar-refractivity contribution is 5.83. The molecule has 1 amide bonds. The summed E-state index contributed by atoms with van der Waals surface area (Å²) in [4.78, 5) is 28.9. The summed E-state index contributed by atoms with van der Waals surface area (Å²) in [5.41, 5.74) is -0.0794. The summed E-state index contributed by atoms with van der Waals surface area (Å²) in [7, 11) is 2.16. The van der Waals surface area contributed by atoms with Gasteiger partial charge in [-0.3, -0.25) is 14.5 Å². The molecule has 2 unspecified atom stereocenters. The minimum absolute atomic E-state index is 0.0554. The van der Waals surface area contributed by atoms with Gasteiger partial charge in [-0.25, -0.2) is 0 Å². The van der Waals surface area contributed by atoms with E-state index < -0.39 is 0 Å². The van der Waals surface area contributed by atoms with Gasteiger partial charge < -0.3 is 10.6 Å². The largest absolute Gasteiger partial charge is 0.353 e. The van der Waals surface area contributed by atoms with Crippen molar-refractivity contribution in [1.29, 1.82) is 0 Å². The molecule has 5 nitrogen and oxygen atoms in total. The lowest BCUT2D eigenvalue weighted by atomic mass is 9.69. The second-order valence-electron chi connectivity index (χ2n) is 15.8. The van der Waals surface area contributed by atoms with Crippen molar-refractivity contribution in [3.63, 3.8) is 0 Å². The Morgan fingerprint density at radius 2 is 1.32 bits per heavy atom. The van der Waals surface area contributed by atoms with E-state index in [1.165, 1.54) is 38.5 Å². The zero-order chi connectivity index (χ0) is 27.4. The topological polar surface area (TPSA) is 61.4 Å². The van der Waals surface area contributed by atoms with Crippen LogP contribution in [0, 0.1) is 29.6 Å². The molecule has 2 atom stereocenters. The van der Waals surface area contributed by atoms with Crippen molar-refractivity contribution in [2.24, 2.45) is 29.6 Å². The summed E-state index contributed by atoms with van der Waals surface area (Å²) in [5.74, 6) is 3.15. The monoisotopic (exact) mass is 515 g/mol. The normalized spacial score (nSPS) is 38.8. The van der Waals surface area contributed by atoms with Gasteiger partial charge in [0.25, 0.3) is 0 Å². The van der Waals surface area contributed by atoms with Gasteiger partial charge in [-0.05, 0) is 144 Å². The van der Waals surface area contributed by atoms with Gasteiger partial charge in [0.1, 0.15) is 5.78 Å². The van der Waals surface area contributed by atoms with Crippen molar-refractivity contribution in [3.8, 4) is 0 Å². The Kier molecular flexibility index (Phi) is 8.03. The Bertz CT molecular complexity index is 844. The van der Waals surface area contributed by atoms with Crippen LogP contribution in [0.3, 0.4) is 0 Å². The molecule has 0 spiro atoms. The number of nitrogens with one attached hydrogen (secondary N) is 2. The highest BCUT2D eigenvalue weighted by Crippen LogP contribution is 2.45. The molecule has 0 bridgehead atoms. The predicted molar refractivity (Wildman–Crippen MR) is 152 cm³/mol. The molecule has 2 N–H and O–H groups in total. The molecule has 4 aliphatic rings. The first-order valence-electron chi connectivity index (χ1n) is 15.4. The number of carbonyl (C=O) groups excluding carboxylic acids is 2. The number of hydrogen-bond donors (Lipinski definition) is 2. The van der Waals surface area contributed by atoms with Crippen LogP contribution in [0.15, 0.2) is 0 Å².